The predicted octanol–water partition coefficient (Wildman–Crippen LogP) is 4.58. The molecule has 0 spiro atoms. The molecule has 184 valence electrons. The zero-order valence-corrected chi connectivity index (χ0v) is 21.3. The fourth-order valence-electron chi connectivity index (χ4n) is 5.87. The van der Waals surface area contributed by atoms with E-state index in [1.54, 1.807) is 11.0 Å². The molecular weight excluding hydrogens is 508 g/mol. The Kier molecular flexibility index (Phi) is 6.82. The lowest BCUT2D eigenvalue weighted by atomic mass is 9.76. The molecule has 1 aromatic carbocycles. The van der Waals surface area contributed by atoms with Gasteiger partial charge >= 0.3 is 6.03 Å². The van der Waals surface area contributed by atoms with Crippen molar-refractivity contribution in [1.29, 1.82) is 0 Å². The smallest absolute Gasteiger partial charge is 0.314 e. The number of primary amides is 1. The number of urea groups is 1. The van der Waals surface area contributed by atoms with Crippen molar-refractivity contribution in [2.45, 2.75) is 38.0 Å². The van der Waals surface area contributed by atoms with Gasteiger partial charge in [0.25, 0.3) is 0 Å². The summed E-state index contributed by atoms with van der Waals surface area (Å²) in [5.74, 6) is 1.26. The second-order valence-electron chi connectivity index (χ2n) is 9.94. The van der Waals surface area contributed by atoms with Gasteiger partial charge in [-0.2, -0.15) is 0 Å². The minimum atomic E-state index is -0.370. The van der Waals surface area contributed by atoms with Crippen molar-refractivity contribution >= 4 is 40.0 Å². The molecule has 2 aliphatic heterocycles. The van der Waals surface area contributed by atoms with E-state index in [4.69, 9.17) is 10.7 Å². The zero-order chi connectivity index (χ0) is 24.5. The molecule has 0 saturated carbocycles. The Morgan fingerprint density at radius 1 is 1.00 bits per heavy atom. The van der Waals surface area contributed by atoms with Gasteiger partial charge in [0.15, 0.2) is 0 Å². The Morgan fingerprint density at radius 3 is 2.40 bits per heavy atom. The molecule has 2 fully saturated rings. The molecule has 3 aliphatic rings. The standard InChI is InChI=1S/C27H31BrN4O3/c28-21-14-20-2-1-19-15-22(33)3-4-23(19)25(26(20)30-16-21)18-7-11-31(12-8-18)24(34)13-17-5-9-32(10-6-17)27(29)35/h1-4,14-18,25,33H,5-13H2,(H2,29,35). The summed E-state index contributed by atoms with van der Waals surface area (Å²) in [4.78, 5) is 32.9. The minimum absolute atomic E-state index is 0.110. The van der Waals surface area contributed by atoms with Crippen LogP contribution in [0.1, 0.15) is 60.4 Å². The van der Waals surface area contributed by atoms with E-state index in [1.165, 1.54) is 5.56 Å². The van der Waals surface area contributed by atoms with E-state index < -0.39 is 0 Å². The summed E-state index contributed by atoms with van der Waals surface area (Å²) in [6, 6.07) is 7.33. The van der Waals surface area contributed by atoms with E-state index in [2.05, 4.69) is 34.1 Å². The quantitative estimate of drug-likeness (QED) is 0.596. The molecule has 3 amide bonds. The van der Waals surface area contributed by atoms with Crippen LogP contribution in [0, 0.1) is 11.8 Å². The van der Waals surface area contributed by atoms with E-state index in [0.717, 1.165) is 60.1 Å². The Morgan fingerprint density at radius 2 is 1.69 bits per heavy atom. The fraction of sp³-hybridized carbons (Fsp3) is 0.444. The van der Waals surface area contributed by atoms with Gasteiger partial charge in [0.05, 0.1) is 5.69 Å². The number of hydrogen-bond donors (Lipinski definition) is 2. The van der Waals surface area contributed by atoms with Gasteiger partial charge in [-0.25, -0.2) is 4.79 Å². The van der Waals surface area contributed by atoms with Gasteiger partial charge in [-0.05, 0) is 88.3 Å². The average molecular weight is 539 g/mol. The first-order chi connectivity index (χ1) is 16.9. The van der Waals surface area contributed by atoms with Crippen LogP contribution in [-0.2, 0) is 4.79 Å². The molecule has 1 atom stereocenters. The number of phenolic OH excluding ortho intramolecular Hbond substituents is 1. The number of rotatable bonds is 3. The number of likely N-dealkylation sites (tertiary alicyclic amines) is 2. The summed E-state index contributed by atoms with van der Waals surface area (Å²) in [5.41, 5.74) is 9.72. The number of aromatic hydroxyl groups is 1. The number of hydrogen-bond acceptors (Lipinski definition) is 4. The van der Waals surface area contributed by atoms with Crippen LogP contribution < -0.4 is 5.73 Å². The number of carbonyl (C=O) groups is 2. The first-order valence-electron chi connectivity index (χ1n) is 12.4. The molecule has 0 radical (unpaired) electrons. The van der Waals surface area contributed by atoms with Crippen LogP contribution in [0.25, 0.3) is 12.2 Å². The summed E-state index contributed by atoms with van der Waals surface area (Å²) in [5, 5.41) is 10.1. The molecular formula is C27H31BrN4O3. The molecule has 7 nitrogen and oxygen atoms in total. The average Bonchev–Trinajstić information content (AvgIpc) is 3.00. The first kappa shape index (κ1) is 23.9. The third-order valence-electron chi connectivity index (χ3n) is 7.81. The lowest BCUT2D eigenvalue weighted by molar-refractivity contribution is -0.134. The molecule has 1 unspecified atom stereocenters. The van der Waals surface area contributed by atoms with Gasteiger partial charge in [-0.15, -0.1) is 0 Å². The van der Waals surface area contributed by atoms with Crippen LogP contribution >= 0.6 is 15.9 Å². The molecule has 2 saturated heterocycles. The maximum Gasteiger partial charge on any atom is 0.314 e. The molecule has 1 aliphatic carbocycles. The summed E-state index contributed by atoms with van der Waals surface area (Å²) in [7, 11) is 0. The van der Waals surface area contributed by atoms with Crippen molar-refractivity contribution in [1.82, 2.24) is 14.8 Å². The number of nitrogens with two attached hydrogens (primary N) is 1. The van der Waals surface area contributed by atoms with E-state index in [1.807, 2.05) is 23.2 Å². The van der Waals surface area contributed by atoms with E-state index in [-0.39, 0.29) is 23.6 Å². The molecule has 35 heavy (non-hydrogen) atoms. The van der Waals surface area contributed by atoms with Gasteiger partial charge < -0.3 is 20.6 Å². The number of phenols is 1. The molecule has 5 rings (SSSR count). The number of aromatic nitrogens is 1. The molecule has 3 heterocycles. The van der Waals surface area contributed by atoms with Gasteiger partial charge in [0, 0.05) is 49.2 Å². The Labute approximate surface area is 214 Å². The van der Waals surface area contributed by atoms with Gasteiger partial charge in [0.2, 0.25) is 5.91 Å². The lowest BCUT2D eigenvalue weighted by Gasteiger charge is -2.38. The lowest BCUT2D eigenvalue weighted by Crippen LogP contribution is -2.44. The van der Waals surface area contributed by atoms with Crippen LogP contribution in [0.15, 0.2) is 34.9 Å². The maximum absolute atomic E-state index is 13.1. The van der Waals surface area contributed by atoms with Crippen molar-refractivity contribution in [3.8, 4) is 5.75 Å². The highest BCUT2D eigenvalue weighted by Gasteiger charge is 2.35. The van der Waals surface area contributed by atoms with Crippen LogP contribution in [0.4, 0.5) is 4.79 Å². The highest BCUT2D eigenvalue weighted by Crippen LogP contribution is 2.43. The van der Waals surface area contributed by atoms with Gasteiger partial charge in [0.1, 0.15) is 5.75 Å². The third kappa shape index (κ3) is 5.08. The second-order valence-corrected chi connectivity index (χ2v) is 10.9. The summed E-state index contributed by atoms with van der Waals surface area (Å²) >= 11 is 3.55. The number of halogens is 1. The van der Waals surface area contributed by atoms with Gasteiger partial charge in [-0.1, -0.05) is 18.2 Å². The van der Waals surface area contributed by atoms with E-state index in [9.17, 15) is 14.7 Å². The van der Waals surface area contributed by atoms with Crippen LogP contribution in [-0.4, -0.2) is 58.0 Å². The number of pyridine rings is 1. The monoisotopic (exact) mass is 538 g/mol. The van der Waals surface area contributed by atoms with Crippen molar-refractivity contribution < 1.29 is 14.7 Å². The van der Waals surface area contributed by atoms with Crippen molar-refractivity contribution in [2.75, 3.05) is 26.2 Å². The van der Waals surface area contributed by atoms with Crippen molar-refractivity contribution in [3.63, 3.8) is 0 Å². The van der Waals surface area contributed by atoms with Crippen LogP contribution in [0.5, 0.6) is 5.75 Å². The number of fused-ring (bicyclic) bond motifs is 2. The Hall–Kier alpha value is -2.87. The predicted molar refractivity (Wildman–Crippen MR) is 139 cm³/mol. The van der Waals surface area contributed by atoms with Crippen molar-refractivity contribution in [2.24, 2.45) is 17.6 Å². The largest absolute Gasteiger partial charge is 0.508 e. The number of nitrogens with zero attached hydrogens (tertiary/aromatic N) is 3. The normalized spacial score (nSPS) is 20.8. The highest BCUT2D eigenvalue weighted by atomic mass is 79.9. The molecule has 3 N–H and O–H groups in total. The van der Waals surface area contributed by atoms with Crippen molar-refractivity contribution in [3.05, 3.63) is 57.3 Å². The SMILES string of the molecule is NC(=O)N1CCC(CC(=O)N2CCC(C3c4ccc(O)cc4C=Cc4cc(Br)cnc43)CC2)CC1. The minimum Gasteiger partial charge on any atom is -0.508 e. The maximum atomic E-state index is 13.1. The molecule has 1 aromatic heterocycles. The summed E-state index contributed by atoms with van der Waals surface area (Å²) in [6.45, 7) is 2.77. The Balaban J connectivity index is 1.28. The topological polar surface area (TPSA) is 99.8 Å². The molecule has 2 aromatic rings. The zero-order valence-electron chi connectivity index (χ0n) is 19.7. The van der Waals surface area contributed by atoms with E-state index in [0.29, 0.717) is 31.3 Å². The summed E-state index contributed by atoms with van der Waals surface area (Å²) in [6.07, 6.45) is 10.0. The van der Waals surface area contributed by atoms with Crippen LogP contribution in [0.3, 0.4) is 0 Å². The highest BCUT2D eigenvalue weighted by molar-refractivity contribution is 9.10. The molecule has 0 bridgehead atoms. The number of carbonyl (C=O) groups excluding carboxylic acids is 2. The van der Waals surface area contributed by atoms with E-state index >= 15 is 0 Å². The first-order valence-corrected chi connectivity index (χ1v) is 13.2. The molecule has 8 heteroatoms. The number of benzene rings is 1. The number of piperidine rings is 2. The summed E-state index contributed by atoms with van der Waals surface area (Å²) < 4.78 is 0.940. The van der Waals surface area contributed by atoms with Gasteiger partial charge in [-0.3, -0.25) is 9.78 Å². The second kappa shape index (κ2) is 10.0. The fourth-order valence-corrected chi connectivity index (χ4v) is 6.22. The number of amides is 3. The third-order valence-corrected chi connectivity index (χ3v) is 8.25. The Bertz CT molecular complexity index is 1100. The van der Waals surface area contributed by atoms with Crippen LogP contribution in [0.2, 0.25) is 0 Å².